The molecule has 0 aromatic heterocycles. The van der Waals surface area contributed by atoms with Crippen LogP contribution in [0, 0.1) is 0 Å². The second-order valence-electron chi connectivity index (χ2n) is 16.8. The molecule has 8 heteroatoms. The van der Waals surface area contributed by atoms with E-state index in [2.05, 4.69) is 265 Å². The van der Waals surface area contributed by atoms with Crippen molar-refractivity contribution in [3.05, 3.63) is 255 Å². The first-order valence-corrected chi connectivity index (χ1v) is 29.8. The van der Waals surface area contributed by atoms with Gasteiger partial charge in [-0.15, -0.1) is 69.1 Å². The van der Waals surface area contributed by atoms with Crippen LogP contribution in [0.4, 0.5) is 0 Å². The summed E-state index contributed by atoms with van der Waals surface area (Å²) in [5.74, 6) is 0. The standard InChI is InChI=1S/2C31H21.C2H4BN2O2.2ClH.Zr/c2*1-2-10-22(11-3-1)25-20-24-14-9-19-30(31(24)21-25)29-17-7-6-16-28(29)27-18-8-13-23-12-4-5-15-26(23)27;6-1-4-3-5-2-7;;;/h2*1-21H;1-2H,(H,4,6)(H,5,7);2*1H;/q2*-1;;;;+4/p-2. The molecule has 1 radical (unpaired) electrons. The van der Waals surface area contributed by atoms with Gasteiger partial charge in [-0.1, -0.05) is 241 Å². The third-order valence-corrected chi connectivity index (χ3v) is 12.6. The molecule has 0 saturated carbocycles. The van der Waals surface area contributed by atoms with Gasteiger partial charge in [0.15, 0.2) is 12.8 Å². The van der Waals surface area contributed by atoms with Crippen molar-refractivity contribution < 1.29 is 30.4 Å². The van der Waals surface area contributed by atoms with Crippen LogP contribution in [-0.4, -0.2) is 20.4 Å². The molecule has 12 rings (SSSR count). The zero-order valence-electron chi connectivity index (χ0n) is 39.1. The number of nitrogens with one attached hydrogen (secondary N) is 2. The SMILES string of the molecule is O=CN[B]NC=O.[Cl][Zr+2][Cl].c1ccc(-c2cc3c(-c4ccccc4-c4cccc5ccccc45)cccc3[cH-]2)cc1.c1ccc(-c2cc3c(-c4ccccc4-c4cccc5ccccc45)cccc3[cH-]2)cc1. The topological polar surface area (TPSA) is 58.2 Å². The first-order valence-electron chi connectivity index (χ1n) is 23.4. The Morgan fingerprint density at radius 1 is 0.347 bits per heavy atom. The van der Waals surface area contributed by atoms with E-state index in [-0.39, 0.29) is 0 Å². The fourth-order valence-electron chi connectivity index (χ4n) is 9.48. The maximum Gasteiger partial charge on any atom is -0.00994 e. The van der Waals surface area contributed by atoms with E-state index in [0.29, 0.717) is 12.8 Å². The molecule has 72 heavy (non-hydrogen) atoms. The zero-order valence-corrected chi connectivity index (χ0v) is 43.0. The van der Waals surface area contributed by atoms with Crippen molar-refractivity contribution >= 4 is 80.5 Å². The fraction of sp³-hybridized carbons (Fsp3) is 0. The number of hydrogen-bond acceptors (Lipinski definition) is 2. The van der Waals surface area contributed by atoms with Crippen molar-refractivity contribution in [3.8, 4) is 66.8 Å². The smallest absolute Gasteiger partial charge is 0.00994 e. The number of fused-ring (bicyclic) bond motifs is 4. The van der Waals surface area contributed by atoms with Crippen LogP contribution in [0.2, 0.25) is 0 Å². The number of rotatable bonds is 10. The molecule has 2 N–H and O–H groups in total. The molecule has 0 fully saturated rings. The fourth-order valence-corrected chi connectivity index (χ4v) is 9.48. The molecule has 2 amide bonds. The number of amides is 2. The first-order chi connectivity index (χ1) is 35.6. The second kappa shape index (κ2) is 24.5. The molecule has 0 aliphatic rings. The summed E-state index contributed by atoms with van der Waals surface area (Å²) in [5, 5.41) is 14.5. The molecule has 12 aromatic rings. The van der Waals surface area contributed by atoms with Gasteiger partial charge in [0, 0.05) is 0 Å². The average Bonchev–Trinajstić information content (AvgIpc) is 4.10. The molecular formula is C64H46BCl2N2O2Zr. The third-order valence-electron chi connectivity index (χ3n) is 12.6. The Hall–Kier alpha value is -7.59. The molecule has 0 saturated heterocycles. The summed E-state index contributed by atoms with van der Waals surface area (Å²) in [5.41, 5.74) is 15.3. The predicted molar refractivity (Wildman–Crippen MR) is 303 cm³/mol. The van der Waals surface area contributed by atoms with E-state index in [4.69, 9.17) is 17.0 Å². The van der Waals surface area contributed by atoms with Crippen LogP contribution in [0.15, 0.2) is 255 Å². The van der Waals surface area contributed by atoms with Crippen LogP contribution < -0.4 is 10.5 Å². The second-order valence-corrected chi connectivity index (χ2v) is 20.5. The summed E-state index contributed by atoms with van der Waals surface area (Å²) >= 11 is -0.826. The van der Waals surface area contributed by atoms with Gasteiger partial charge >= 0.3 is 45.4 Å². The summed E-state index contributed by atoms with van der Waals surface area (Å²) < 4.78 is 0. The Morgan fingerprint density at radius 2 is 0.639 bits per heavy atom. The molecular weight excluding hydrogens is 1000 g/mol. The van der Waals surface area contributed by atoms with E-state index in [1.54, 1.807) is 0 Å². The largest absolute Gasteiger partial charge is 0.144 e. The van der Waals surface area contributed by atoms with E-state index in [9.17, 15) is 9.59 Å². The maximum atomic E-state index is 9.38. The van der Waals surface area contributed by atoms with E-state index in [1.165, 1.54) is 110 Å². The van der Waals surface area contributed by atoms with Crippen LogP contribution in [0.25, 0.3) is 110 Å². The van der Waals surface area contributed by atoms with Crippen molar-refractivity contribution in [3.63, 3.8) is 0 Å². The third kappa shape index (κ3) is 11.3. The summed E-state index contributed by atoms with van der Waals surface area (Å²) in [4.78, 5) is 18.8. The van der Waals surface area contributed by atoms with Gasteiger partial charge in [-0.3, -0.25) is 9.59 Å². The molecule has 0 spiro atoms. The monoisotopic (exact) mass is 1050 g/mol. The molecule has 0 unspecified atom stereocenters. The van der Waals surface area contributed by atoms with Crippen molar-refractivity contribution in [2.75, 3.05) is 0 Å². The minimum atomic E-state index is -0.826. The number of hydrogen-bond donors (Lipinski definition) is 2. The van der Waals surface area contributed by atoms with Crippen LogP contribution in [0.3, 0.4) is 0 Å². The maximum absolute atomic E-state index is 9.38. The van der Waals surface area contributed by atoms with Gasteiger partial charge in [-0.2, -0.15) is 0 Å². The predicted octanol–water partition coefficient (Wildman–Crippen LogP) is 16.8. The van der Waals surface area contributed by atoms with Gasteiger partial charge < -0.3 is 10.5 Å². The van der Waals surface area contributed by atoms with E-state index in [0.717, 1.165) is 7.55 Å². The van der Waals surface area contributed by atoms with Gasteiger partial charge in [-0.25, -0.2) is 0 Å². The minimum Gasteiger partial charge on any atom is -0.144 e. The summed E-state index contributed by atoms with van der Waals surface area (Å²) in [6.45, 7) is 0. The molecule has 12 aromatic carbocycles. The zero-order chi connectivity index (χ0) is 49.5. The Labute approximate surface area is 439 Å². The number of carbonyl (C=O) groups excluding carboxylic acids is 2. The van der Waals surface area contributed by atoms with E-state index >= 15 is 0 Å². The van der Waals surface area contributed by atoms with Crippen LogP contribution in [-0.2, 0) is 30.4 Å². The Kier molecular flexibility index (Phi) is 16.8. The first kappa shape index (κ1) is 49.4. The Morgan fingerprint density at radius 3 is 1.01 bits per heavy atom. The minimum absolute atomic E-state index is 0.455. The van der Waals surface area contributed by atoms with Gasteiger partial charge in [0.05, 0.1) is 0 Å². The molecule has 0 atom stereocenters. The Bertz CT molecular complexity index is 3490. The summed E-state index contributed by atoms with van der Waals surface area (Å²) in [6.07, 6.45) is 0.910. The van der Waals surface area contributed by atoms with Gasteiger partial charge in [0.2, 0.25) is 0 Å². The van der Waals surface area contributed by atoms with Gasteiger partial charge in [0.25, 0.3) is 0 Å². The average molecular weight is 1050 g/mol. The molecule has 0 heterocycles. The van der Waals surface area contributed by atoms with E-state index < -0.39 is 20.8 Å². The summed E-state index contributed by atoms with van der Waals surface area (Å²) in [6, 6.07) is 91.8. The Balaban J connectivity index is 0.000000150. The van der Waals surface area contributed by atoms with Crippen molar-refractivity contribution in [1.29, 1.82) is 0 Å². The number of halogens is 2. The van der Waals surface area contributed by atoms with Gasteiger partial charge in [-0.05, 0) is 54.9 Å². The molecule has 0 aliphatic heterocycles. The van der Waals surface area contributed by atoms with Gasteiger partial charge in [0.1, 0.15) is 0 Å². The molecule has 345 valence electrons. The van der Waals surface area contributed by atoms with Crippen molar-refractivity contribution in [2.24, 2.45) is 0 Å². The van der Waals surface area contributed by atoms with Crippen LogP contribution in [0.1, 0.15) is 0 Å². The molecule has 0 bridgehead atoms. The molecule has 4 nitrogen and oxygen atoms in total. The van der Waals surface area contributed by atoms with E-state index in [1.807, 2.05) is 0 Å². The normalized spacial score (nSPS) is 10.4. The number of carbonyl (C=O) groups is 2. The molecule has 0 aliphatic carbocycles. The quantitative estimate of drug-likeness (QED) is 0.0621. The van der Waals surface area contributed by atoms with Crippen molar-refractivity contribution in [1.82, 2.24) is 10.5 Å². The number of benzene rings is 10. The van der Waals surface area contributed by atoms with Crippen LogP contribution >= 0.6 is 17.0 Å². The summed E-state index contributed by atoms with van der Waals surface area (Å²) in [7, 11) is 11.0. The van der Waals surface area contributed by atoms with Crippen LogP contribution in [0.5, 0.6) is 0 Å². The van der Waals surface area contributed by atoms with Crippen molar-refractivity contribution in [2.45, 2.75) is 0 Å².